The average molecular weight is 417 g/mol. The number of nitrogens with one attached hydrogen (secondary N) is 1. The van der Waals surface area contributed by atoms with Gasteiger partial charge in [-0.25, -0.2) is 0 Å². The van der Waals surface area contributed by atoms with Crippen LogP contribution >= 0.6 is 11.8 Å². The van der Waals surface area contributed by atoms with E-state index in [9.17, 15) is 14.4 Å². The number of carbonyl (C=O) groups excluding carboxylic acids is 3. The first-order valence-corrected chi connectivity index (χ1v) is 11.2. The van der Waals surface area contributed by atoms with Crippen molar-refractivity contribution in [3.63, 3.8) is 0 Å². The fourth-order valence-electron chi connectivity index (χ4n) is 3.53. The van der Waals surface area contributed by atoms with Crippen molar-refractivity contribution in [2.75, 3.05) is 23.7 Å². The second kappa shape index (κ2) is 10.5. The Hall–Kier alpha value is -2.28. The molecule has 29 heavy (non-hydrogen) atoms. The summed E-state index contributed by atoms with van der Waals surface area (Å²) < 4.78 is 5.26. The number of amides is 2. The number of nitrogens with zero attached hydrogens (tertiary/aromatic N) is 1. The lowest BCUT2D eigenvalue weighted by Gasteiger charge is -2.28. The quantitative estimate of drug-likeness (QED) is 0.519. The lowest BCUT2D eigenvalue weighted by molar-refractivity contribution is -0.154. The normalized spacial score (nSPS) is 17.2. The highest BCUT2D eigenvalue weighted by molar-refractivity contribution is 8.00. The van der Waals surface area contributed by atoms with Crippen LogP contribution < -0.4 is 10.2 Å². The topological polar surface area (TPSA) is 75.7 Å². The minimum Gasteiger partial charge on any atom is -0.452 e. The highest BCUT2D eigenvalue weighted by atomic mass is 32.2. The summed E-state index contributed by atoms with van der Waals surface area (Å²) in [6.07, 6.45) is 7.01. The van der Waals surface area contributed by atoms with E-state index >= 15 is 0 Å². The summed E-state index contributed by atoms with van der Waals surface area (Å²) in [5.74, 6) is -0.428. The number of thioether (sulfide) groups is 1. The highest BCUT2D eigenvalue weighted by Crippen LogP contribution is 2.34. The van der Waals surface area contributed by atoms with E-state index in [1.807, 2.05) is 24.3 Å². The molecule has 1 heterocycles. The molecule has 7 heteroatoms. The molecule has 1 atom stereocenters. The number of esters is 1. The molecule has 0 radical (unpaired) electrons. The Morgan fingerprint density at radius 2 is 2.10 bits per heavy atom. The fourth-order valence-corrected chi connectivity index (χ4v) is 4.47. The van der Waals surface area contributed by atoms with E-state index in [-0.39, 0.29) is 24.8 Å². The van der Waals surface area contributed by atoms with Crippen LogP contribution in [0.4, 0.5) is 5.69 Å². The van der Waals surface area contributed by atoms with Crippen LogP contribution in [0.2, 0.25) is 0 Å². The van der Waals surface area contributed by atoms with Crippen LogP contribution in [0.5, 0.6) is 0 Å². The monoisotopic (exact) mass is 416 g/mol. The van der Waals surface area contributed by atoms with Gasteiger partial charge in [0.25, 0.3) is 5.91 Å². The van der Waals surface area contributed by atoms with Crippen LogP contribution in [0.1, 0.15) is 45.4 Å². The molecule has 0 unspecified atom stereocenters. The smallest absolute Gasteiger partial charge is 0.308 e. The van der Waals surface area contributed by atoms with Gasteiger partial charge in [0, 0.05) is 18.0 Å². The van der Waals surface area contributed by atoms with Crippen LogP contribution in [0, 0.1) is 0 Å². The molecule has 6 nitrogen and oxygen atoms in total. The van der Waals surface area contributed by atoms with Crippen molar-refractivity contribution in [1.29, 1.82) is 0 Å². The Balaban J connectivity index is 1.41. The summed E-state index contributed by atoms with van der Waals surface area (Å²) in [5.41, 5.74) is 2.22. The van der Waals surface area contributed by atoms with E-state index in [1.165, 1.54) is 30.2 Å². The molecule has 1 aliphatic carbocycles. The van der Waals surface area contributed by atoms with E-state index < -0.39 is 12.1 Å². The van der Waals surface area contributed by atoms with E-state index in [1.54, 1.807) is 11.8 Å². The zero-order chi connectivity index (χ0) is 20.6. The second-order valence-electron chi connectivity index (χ2n) is 7.33. The SMILES string of the molecule is C[C@H](OC(=O)CCN1C(=O)CSc2ccccc21)C(=O)NCCC1=CCCCC1. The van der Waals surface area contributed by atoms with Crippen LogP contribution in [-0.2, 0) is 19.1 Å². The predicted molar refractivity (Wildman–Crippen MR) is 114 cm³/mol. The first-order valence-electron chi connectivity index (χ1n) is 10.2. The molecule has 0 saturated heterocycles. The molecule has 2 amide bonds. The van der Waals surface area contributed by atoms with Crippen molar-refractivity contribution >= 4 is 35.2 Å². The number of benzene rings is 1. The number of fused-ring (bicyclic) bond motifs is 1. The molecule has 2 aliphatic rings. The van der Waals surface area contributed by atoms with Gasteiger partial charge in [-0.1, -0.05) is 23.8 Å². The van der Waals surface area contributed by atoms with Crippen molar-refractivity contribution in [3.8, 4) is 0 Å². The third-order valence-electron chi connectivity index (χ3n) is 5.16. The number of carbonyl (C=O) groups is 3. The molecule has 0 bridgehead atoms. The van der Waals surface area contributed by atoms with Gasteiger partial charge in [-0.2, -0.15) is 0 Å². The average Bonchev–Trinajstić information content (AvgIpc) is 2.73. The number of hydrogen-bond acceptors (Lipinski definition) is 5. The first kappa shape index (κ1) is 21.4. The molecule has 0 fully saturated rings. The minimum absolute atomic E-state index is 0.0238. The highest BCUT2D eigenvalue weighted by Gasteiger charge is 2.25. The Kier molecular flexibility index (Phi) is 7.75. The largest absolute Gasteiger partial charge is 0.452 e. The summed E-state index contributed by atoms with van der Waals surface area (Å²) in [7, 11) is 0. The number of rotatable bonds is 8. The third-order valence-corrected chi connectivity index (χ3v) is 6.20. The van der Waals surface area contributed by atoms with E-state index in [2.05, 4.69) is 11.4 Å². The van der Waals surface area contributed by atoms with Crippen LogP contribution in [0.3, 0.4) is 0 Å². The van der Waals surface area contributed by atoms with Gasteiger partial charge in [0.1, 0.15) is 0 Å². The fraction of sp³-hybridized carbons (Fsp3) is 0.500. The Morgan fingerprint density at radius 3 is 2.90 bits per heavy atom. The number of ether oxygens (including phenoxy) is 1. The van der Waals surface area contributed by atoms with Gasteiger partial charge < -0.3 is 15.0 Å². The Morgan fingerprint density at radius 1 is 1.28 bits per heavy atom. The molecule has 156 valence electrons. The molecular weight excluding hydrogens is 388 g/mol. The molecule has 1 N–H and O–H groups in total. The van der Waals surface area contributed by atoms with Gasteiger partial charge in [0.2, 0.25) is 5.91 Å². The molecule has 1 aliphatic heterocycles. The third kappa shape index (κ3) is 6.10. The first-order chi connectivity index (χ1) is 14.0. The number of allylic oxidation sites excluding steroid dienone is 1. The van der Waals surface area contributed by atoms with Crippen LogP contribution in [0.25, 0.3) is 0 Å². The lowest BCUT2D eigenvalue weighted by atomic mass is 9.97. The number of anilines is 1. The molecular formula is C22H28N2O4S. The van der Waals surface area contributed by atoms with Crippen molar-refractivity contribution < 1.29 is 19.1 Å². The molecule has 3 rings (SSSR count). The van der Waals surface area contributed by atoms with E-state index in [0.717, 1.165) is 29.8 Å². The maximum absolute atomic E-state index is 12.2. The summed E-state index contributed by atoms with van der Waals surface area (Å²) in [4.78, 5) is 39.2. The van der Waals surface area contributed by atoms with Gasteiger partial charge in [-0.15, -0.1) is 11.8 Å². The van der Waals surface area contributed by atoms with E-state index in [0.29, 0.717) is 12.3 Å². The van der Waals surface area contributed by atoms with Crippen molar-refractivity contribution in [3.05, 3.63) is 35.9 Å². The van der Waals surface area contributed by atoms with Gasteiger partial charge in [0.05, 0.1) is 17.9 Å². The van der Waals surface area contributed by atoms with Gasteiger partial charge in [0.15, 0.2) is 6.10 Å². The zero-order valence-electron chi connectivity index (χ0n) is 16.8. The molecule has 0 spiro atoms. The summed E-state index contributed by atoms with van der Waals surface area (Å²) >= 11 is 1.50. The zero-order valence-corrected chi connectivity index (χ0v) is 17.6. The van der Waals surface area contributed by atoms with Crippen molar-refractivity contribution in [2.24, 2.45) is 0 Å². The predicted octanol–water partition coefficient (Wildman–Crippen LogP) is 3.45. The van der Waals surface area contributed by atoms with Crippen molar-refractivity contribution in [2.45, 2.75) is 56.4 Å². The lowest BCUT2D eigenvalue weighted by Crippen LogP contribution is -2.39. The summed E-state index contributed by atoms with van der Waals surface area (Å²) in [6.45, 7) is 2.38. The molecule has 0 saturated carbocycles. The number of para-hydroxylation sites is 1. The summed E-state index contributed by atoms with van der Waals surface area (Å²) in [6, 6.07) is 7.65. The van der Waals surface area contributed by atoms with Gasteiger partial charge in [-0.3, -0.25) is 14.4 Å². The Labute approximate surface area is 176 Å². The molecule has 0 aromatic heterocycles. The Bertz CT molecular complexity index is 793. The maximum Gasteiger partial charge on any atom is 0.308 e. The molecule has 1 aromatic rings. The second-order valence-corrected chi connectivity index (χ2v) is 8.35. The van der Waals surface area contributed by atoms with Gasteiger partial charge in [-0.05, 0) is 51.2 Å². The van der Waals surface area contributed by atoms with Gasteiger partial charge >= 0.3 is 5.97 Å². The standard InChI is InChI=1S/C22H28N2O4S/c1-16(22(27)23-13-11-17-7-3-2-4-8-17)28-21(26)12-14-24-18-9-5-6-10-19(18)29-15-20(24)25/h5-7,9-10,16H,2-4,8,11-15H2,1H3,(H,23,27)/t16-/m0/s1. The maximum atomic E-state index is 12.2. The van der Waals surface area contributed by atoms with Crippen LogP contribution in [-0.4, -0.2) is 42.7 Å². The van der Waals surface area contributed by atoms with Crippen molar-refractivity contribution in [1.82, 2.24) is 5.32 Å². The minimum atomic E-state index is -0.845. The summed E-state index contributed by atoms with van der Waals surface area (Å²) in [5, 5.41) is 2.84. The van der Waals surface area contributed by atoms with Crippen LogP contribution in [0.15, 0.2) is 40.8 Å². The number of hydrogen-bond donors (Lipinski definition) is 1. The van der Waals surface area contributed by atoms with E-state index in [4.69, 9.17) is 4.74 Å². The molecule has 1 aromatic carbocycles.